The second-order valence-electron chi connectivity index (χ2n) is 7.92. The van der Waals surface area contributed by atoms with E-state index in [-0.39, 0.29) is 11.7 Å². The number of amides is 1. The maximum absolute atomic E-state index is 13.0. The lowest BCUT2D eigenvalue weighted by atomic mass is 10.2. The standard InChI is InChI=1S/C25H24ClN5O3S/c1-33-19-10-8-18(9-11-19)29-12-14-30(15-13-29)23(32)17-35-25-28-27-24(22-7-4-16-34-22)31(25)21-6-3-2-5-20(21)26/h2-11,16H,12-15,17H2,1H3. The summed E-state index contributed by atoms with van der Waals surface area (Å²) in [5, 5.41) is 9.80. The molecule has 2 aromatic carbocycles. The smallest absolute Gasteiger partial charge is 0.233 e. The van der Waals surface area contributed by atoms with Crippen LogP contribution in [0.15, 0.2) is 76.5 Å². The van der Waals surface area contributed by atoms with Crippen LogP contribution in [-0.4, -0.2) is 64.6 Å². The molecular weight excluding hydrogens is 486 g/mol. The minimum Gasteiger partial charge on any atom is -0.497 e. The number of para-hydroxylation sites is 1. The van der Waals surface area contributed by atoms with Gasteiger partial charge in [0.25, 0.3) is 0 Å². The van der Waals surface area contributed by atoms with Gasteiger partial charge in [0.1, 0.15) is 5.75 Å². The van der Waals surface area contributed by atoms with Crippen LogP contribution in [0, 0.1) is 0 Å². The Morgan fingerprint density at radius 1 is 1.03 bits per heavy atom. The number of halogens is 1. The molecule has 5 rings (SSSR count). The Hall–Kier alpha value is -3.43. The molecule has 180 valence electrons. The molecule has 1 fully saturated rings. The Bertz CT molecular complexity index is 1280. The van der Waals surface area contributed by atoms with Crippen molar-refractivity contribution < 1.29 is 13.9 Å². The number of hydrogen-bond donors (Lipinski definition) is 0. The molecule has 35 heavy (non-hydrogen) atoms. The number of thioether (sulfide) groups is 1. The van der Waals surface area contributed by atoms with Gasteiger partial charge in [-0.05, 0) is 48.5 Å². The summed E-state index contributed by atoms with van der Waals surface area (Å²) in [5.74, 6) is 2.26. The number of ether oxygens (including phenoxy) is 1. The van der Waals surface area contributed by atoms with Gasteiger partial charge in [-0.15, -0.1) is 10.2 Å². The molecule has 2 aromatic heterocycles. The molecule has 1 aliphatic rings. The van der Waals surface area contributed by atoms with Crippen LogP contribution in [-0.2, 0) is 4.79 Å². The fourth-order valence-electron chi connectivity index (χ4n) is 4.00. The van der Waals surface area contributed by atoms with E-state index in [2.05, 4.69) is 15.1 Å². The van der Waals surface area contributed by atoms with Crippen molar-refractivity contribution in [1.29, 1.82) is 0 Å². The van der Waals surface area contributed by atoms with Crippen molar-refractivity contribution in [3.05, 3.63) is 71.9 Å². The summed E-state index contributed by atoms with van der Waals surface area (Å²) in [7, 11) is 1.66. The highest BCUT2D eigenvalue weighted by Gasteiger charge is 2.24. The van der Waals surface area contributed by atoms with Crippen LogP contribution >= 0.6 is 23.4 Å². The Morgan fingerprint density at radius 2 is 1.80 bits per heavy atom. The second-order valence-corrected chi connectivity index (χ2v) is 9.27. The third-order valence-electron chi connectivity index (χ3n) is 5.86. The van der Waals surface area contributed by atoms with Crippen LogP contribution in [0.3, 0.4) is 0 Å². The summed E-state index contributed by atoms with van der Waals surface area (Å²) in [6.07, 6.45) is 1.59. The number of carbonyl (C=O) groups excluding carboxylic acids is 1. The number of carbonyl (C=O) groups is 1. The minimum atomic E-state index is 0.0673. The number of aromatic nitrogens is 3. The monoisotopic (exact) mass is 509 g/mol. The molecular formula is C25H24ClN5O3S. The van der Waals surface area contributed by atoms with Crippen molar-refractivity contribution >= 4 is 35.0 Å². The van der Waals surface area contributed by atoms with Gasteiger partial charge in [0.05, 0.1) is 29.8 Å². The van der Waals surface area contributed by atoms with Crippen LogP contribution in [0.4, 0.5) is 5.69 Å². The van der Waals surface area contributed by atoms with Gasteiger partial charge in [0.2, 0.25) is 11.7 Å². The minimum absolute atomic E-state index is 0.0673. The highest BCUT2D eigenvalue weighted by molar-refractivity contribution is 7.99. The largest absolute Gasteiger partial charge is 0.497 e. The van der Waals surface area contributed by atoms with Gasteiger partial charge in [0.15, 0.2) is 10.9 Å². The predicted molar refractivity (Wildman–Crippen MR) is 137 cm³/mol. The third-order valence-corrected chi connectivity index (χ3v) is 7.10. The van der Waals surface area contributed by atoms with Crippen molar-refractivity contribution in [3.8, 4) is 23.0 Å². The van der Waals surface area contributed by atoms with Gasteiger partial charge >= 0.3 is 0 Å². The van der Waals surface area contributed by atoms with Crippen molar-refractivity contribution in [2.45, 2.75) is 5.16 Å². The molecule has 8 nitrogen and oxygen atoms in total. The normalized spacial score (nSPS) is 13.8. The van der Waals surface area contributed by atoms with Crippen molar-refractivity contribution in [2.75, 3.05) is 43.9 Å². The number of furan rings is 1. The summed E-state index contributed by atoms with van der Waals surface area (Å²) in [5.41, 5.74) is 1.86. The Balaban J connectivity index is 1.26. The molecule has 0 spiro atoms. The van der Waals surface area contributed by atoms with E-state index in [9.17, 15) is 4.79 Å². The highest BCUT2D eigenvalue weighted by atomic mass is 35.5. The Morgan fingerprint density at radius 3 is 2.49 bits per heavy atom. The lowest BCUT2D eigenvalue weighted by Gasteiger charge is -2.36. The summed E-state index contributed by atoms with van der Waals surface area (Å²) in [4.78, 5) is 17.2. The molecule has 0 bridgehead atoms. The summed E-state index contributed by atoms with van der Waals surface area (Å²) >= 11 is 7.83. The van der Waals surface area contributed by atoms with Crippen molar-refractivity contribution in [2.24, 2.45) is 0 Å². The van der Waals surface area contributed by atoms with Gasteiger partial charge in [0, 0.05) is 31.9 Å². The molecule has 4 aromatic rings. The first-order valence-electron chi connectivity index (χ1n) is 11.2. The van der Waals surface area contributed by atoms with Crippen LogP contribution in [0.5, 0.6) is 5.75 Å². The number of rotatable bonds is 7. The molecule has 0 N–H and O–H groups in total. The van der Waals surface area contributed by atoms with Crippen LogP contribution in [0.25, 0.3) is 17.3 Å². The summed E-state index contributed by atoms with van der Waals surface area (Å²) < 4.78 is 12.6. The highest BCUT2D eigenvalue weighted by Crippen LogP contribution is 2.31. The zero-order valence-electron chi connectivity index (χ0n) is 19.1. The van der Waals surface area contributed by atoms with E-state index in [1.54, 1.807) is 19.4 Å². The molecule has 0 aliphatic carbocycles. The second kappa shape index (κ2) is 10.5. The van der Waals surface area contributed by atoms with E-state index in [1.807, 2.05) is 64.1 Å². The van der Waals surface area contributed by atoms with Gasteiger partial charge in [-0.2, -0.15) is 0 Å². The zero-order chi connectivity index (χ0) is 24.2. The number of anilines is 1. The average Bonchev–Trinajstić information content (AvgIpc) is 3.58. The number of benzene rings is 2. The van der Waals surface area contributed by atoms with Gasteiger partial charge in [-0.25, -0.2) is 0 Å². The molecule has 0 saturated carbocycles. The van der Waals surface area contributed by atoms with E-state index in [0.29, 0.717) is 34.9 Å². The maximum Gasteiger partial charge on any atom is 0.233 e. The van der Waals surface area contributed by atoms with Crippen molar-refractivity contribution in [1.82, 2.24) is 19.7 Å². The summed E-state index contributed by atoms with van der Waals surface area (Å²) in [6, 6.07) is 19.1. The van der Waals surface area contributed by atoms with Gasteiger partial charge < -0.3 is 19.0 Å². The van der Waals surface area contributed by atoms with Gasteiger partial charge in [-0.3, -0.25) is 9.36 Å². The quantitative estimate of drug-likeness (QED) is 0.336. The van der Waals surface area contributed by atoms with Gasteiger partial charge in [-0.1, -0.05) is 35.5 Å². The predicted octanol–water partition coefficient (Wildman–Crippen LogP) is 4.63. The molecule has 0 unspecified atom stereocenters. The first-order chi connectivity index (χ1) is 17.1. The molecule has 0 atom stereocenters. The average molecular weight is 510 g/mol. The Labute approximate surface area is 212 Å². The first kappa shape index (κ1) is 23.3. The van der Waals surface area contributed by atoms with E-state index in [0.717, 1.165) is 30.2 Å². The lowest BCUT2D eigenvalue weighted by molar-refractivity contribution is -0.128. The van der Waals surface area contributed by atoms with Crippen LogP contribution < -0.4 is 9.64 Å². The summed E-state index contributed by atoms with van der Waals surface area (Å²) in [6.45, 7) is 2.89. The fraction of sp³-hybridized carbons (Fsp3) is 0.240. The van der Waals surface area contributed by atoms with E-state index < -0.39 is 0 Å². The fourth-order valence-corrected chi connectivity index (χ4v) is 5.07. The van der Waals surface area contributed by atoms with Crippen molar-refractivity contribution in [3.63, 3.8) is 0 Å². The van der Waals surface area contributed by atoms with E-state index in [4.69, 9.17) is 20.8 Å². The zero-order valence-corrected chi connectivity index (χ0v) is 20.7. The number of piperazine rings is 1. The molecule has 10 heteroatoms. The maximum atomic E-state index is 13.0. The first-order valence-corrected chi connectivity index (χ1v) is 12.5. The lowest BCUT2D eigenvalue weighted by Crippen LogP contribution is -2.49. The number of methoxy groups -OCH3 is 1. The van der Waals surface area contributed by atoms with Crippen LogP contribution in [0.2, 0.25) is 5.02 Å². The molecule has 1 saturated heterocycles. The molecule has 1 amide bonds. The molecule has 1 aliphatic heterocycles. The number of nitrogens with zero attached hydrogens (tertiary/aromatic N) is 5. The number of hydrogen-bond acceptors (Lipinski definition) is 7. The molecule has 0 radical (unpaired) electrons. The SMILES string of the molecule is COc1ccc(N2CCN(C(=O)CSc3nnc(-c4ccco4)n3-c3ccccc3Cl)CC2)cc1. The molecule has 3 heterocycles. The van der Waals surface area contributed by atoms with E-state index >= 15 is 0 Å². The van der Waals surface area contributed by atoms with Crippen LogP contribution in [0.1, 0.15) is 0 Å². The van der Waals surface area contributed by atoms with E-state index in [1.165, 1.54) is 11.8 Å². The Kier molecular flexibility index (Phi) is 6.96. The third kappa shape index (κ3) is 5.01. The topological polar surface area (TPSA) is 76.6 Å².